The van der Waals surface area contributed by atoms with Crippen molar-refractivity contribution in [1.82, 2.24) is 0 Å². The first-order chi connectivity index (χ1) is 10.2. The van der Waals surface area contributed by atoms with Crippen molar-refractivity contribution in [1.29, 1.82) is 0 Å². The van der Waals surface area contributed by atoms with Gasteiger partial charge >= 0.3 is 5.97 Å². The van der Waals surface area contributed by atoms with E-state index in [0.29, 0.717) is 30.9 Å². The molecule has 3 fully saturated rings. The molecule has 0 radical (unpaired) electrons. The first-order valence-electron chi connectivity index (χ1n) is 7.85. The molecule has 0 spiro atoms. The molecule has 3 aliphatic rings. The maximum absolute atomic E-state index is 13.0. The first kappa shape index (κ1) is 14.4. The summed E-state index contributed by atoms with van der Waals surface area (Å²) in [6.45, 7) is 3.28. The fourth-order valence-corrected chi connectivity index (χ4v) is 3.86. The average Bonchev–Trinajstić information content (AvgIpc) is 2.49. The number of benzene rings is 1. The van der Waals surface area contributed by atoms with Crippen LogP contribution in [0.4, 0.5) is 10.1 Å². The lowest BCUT2D eigenvalue weighted by Gasteiger charge is -2.50. The van der Waals surface area contributed by atoms with Gasteiger partial charge in [-0.3, -0.25) is 4.79 Å². The summed E-state index contributed by atoms with van der Waals surface area (Å²) in [6, 6.07) is 7.23. The highest BCUT2D eigenvalue weighted by Crippen LogP contribution is 2.42. The molecule has 1 aromatic rings. The first-order valence-corrected chi connectivity index (χ1v) is 7.85. The van der Waals surface area contributed by atoms with Crippen LogP contribution in [0.15, 0.2) is 24.3 Å². The van der Waals surface area contributed by atoms with Crippen LogP contribution in [0, 0.1) is 17.7 Å². The van der Waals surface area contributed by atoms with Crippen molar-refractivity contribution >= 4 is 11.7 Å². The molecule has 4 rings (SSSR count). The Balaban J connectivity index is 1.66. The van der Waals surface area contributed by atoms with Crippen LogP contribution in [0.25, 0.3) is 0 Å². The Morgan fingerprint density at radius 2 is 2.10 bits per heavy atom. The summed E-state index contributed by atoms with van der Waals surface area (Å²) in [5.41, 5.74) is 1.10. The number of rotatable bonds is 4. The molecule has 4 heteroatoms. The predicted molar refractivity (Wildman–Crippen MR) is 79.6 cm³/mol. The fourth-order valence-electron chi connectivity index (χ4n) is 3.86. The number of nitrogens with zero attached hydrogens (tertiary/aromatic N) is 1. The summed E-state index contributed by atoms with van der Waals surface area (Å²) in [5.74, 6) is 0.730. The molecule has 2 bridgehead atoms. The fraction of sp³-hybridized carbons (Fsp3) is 0.588. The lowest BCUT2D eigenvalue weighted by atomic mass is 9.70. The van der Waals surface area contributed by atoms with E-state index in [1.165, 1.54) is 25.0 Å². The zero-order valence-corrected chi connectivity index (χ0v) is 12.4. The van der Waals surface area contributed by atoms with E-state index in [1.54, 1.807) is 0 Å². The van der Waals surface area contributed by atoms with Crippen LogP contribution in [0.1, 0.15) is 32.6 Å². The molecule has 3 unspecified atom stereocenters. The number of halogens is 1. The Bertz CT molecular complexity index is 502. The van der Waals surface area contributed by atoms with E-state index in [2.05, 4.69) is 4.90 Å². The number of esters is 1. The molecule has 0 N–H and O–H groups in total. The van der Waals surface area contributed by atoms with Crippen molar-refractivity contribution in [2.75, 3.05) is 18.1 Å². The van der Waals surface area contributed by atoms with Gasteiger partial charge in [-0.05, 0) is 62.3 Å². The van der Waals surface area contributed by atoms with Crippen LogP contribution in [-0.4, -0.2) is 25.2 Å². The Morgan fingerprint density at radius 1 is 1.33 bits per heavy atom. The lowest BCUT2D eigenvalue weighted by molar-refractivity contribution is -0.145. The molecule has 2 aliphatic heterocycles. The second kappa shape index (κ2) is 6.04. The van der Waals surface area contributed by atoms with Gasteiger partial charge in [0, 0.05) is 24.7 Å². The molecular weight excluding hydrogens is 269 g/mol. The van der Waals surface area contributed by atoms with Gasteiger partial charge in [0.1, 0.15) is 5.82 Å². The van der Waals surface area contributed by atoms with Crippen LogP contribution < -0.4 is 4.90 Å². The number of carbonyl (C=O) groups excluding carboxylic acids is 1. The summed E-state index contributed by atoms with van der Waals surface area (Å²) in [5, 5.41) is 0. The summed E-state index contributed by atoms with van der Waals surface area (Å²) >= 11 is 0. The number of hydrogen-bond acceptors (Lipinski definition) is 3. The van der Waals surface area contributed by atoms with Gasteiger partial charge in [0.25, 0.3) is 0 Å². The van der Waals surface area contributed by atoms with Gasteiger partial charge < -0.3 is 9.64 Å². The summed E-state index contributed by atoms with van der Waals surface area (Å²) in [4.78, 5) is 14.1. The highest BCUT2D eigenvalue weighted by atomic mass is 19.1. The third kappa shape index (κ3) is 3.04. The Labute approximate surface area is 125 Å². The van der Waals surface area contributed by atoms with Gasteiger partial charge in [-0.2, -0.15) is 0 Å². The SMILES string of the molecule is CCOC(=O)CC1CC2CCC1CN2c1ccc(F)cc1. The Kier molecular flexibility index (Phi) is 4.13. The van der Waals surface area contributed by atoms with E-state index in [-0.39, 0.29) is 11.8 Å². The van der Waals surface area contributed by atoms with Crippen molar-refractivity contribution < 1.29 is 13.9 Å². The van der Waals surface area contributed by atoms with Crippen molar-refractivity contribution in [2.24, 2.45) is 11.8 Å². The van der Waals surface area contributed by atoms with Crippen molar-refractivity contribution in [3.63, 3.8) is 0 Å². The maximum Gasteiger partial charge on any atom is 0.306 e. The molecule has 21 heavy (non-hydrogen) atoms. The molecule has 0 aromatic heterocycles. The van der Waals surface area contributed by atoms with Gasteiger partial charge in [-0.15, -0.1) is 0 Å². The van der Waals surface area contributed by atoms with E-state index in [4.69, 9.17) is 4.74 Å². The van der Waals surface area contributed by atoms with E-state index in [1.807, 2.05) is 19.1 Å². The Hall–Kier alpha value is -1.58. The molecule has 1 aromatic carbocycles. The summed E-state index contributed by atoms with van der Waals surface area (Å²) < 4.78 is 18.1. The number of fused-ring (bicyclic) bond motifs is 3. The quantitative estimate of drug-likeness (QED) is 0.796. The second-order valence-electron chi connectivity index (χ2n) is 6.12. The molecular formula is C17H22FNO2. The molecule has 2 saturated heterocycles. The minimum absolute atomic E-state index is 0.0663. The van der Waals surface area contributed by atoms with Crippen molar-refractivity contribution in [2.45, 2.75) is 38.6 Å². The van der Waals surface area contributed by atoms with Gasteiger partial charge in [-0.1, -0.05) is 0 Å². The highest BCUT2D eigenvalue weighted by Gasteiger charge is 2.41. The van der Waals surface area contributed by atoms with Gasteiger partial charge in [0.2, 0.25) is 0 Å². The van der Waals surface area contributed by atoms with Crippen LogP contribution in [-0.2, 0) is 9.53 Å². The smallest absolute Gasteiger partial charge is 0.306 e. The second-order valence-corrected chi connectivity index (χ2v) is 6.12. The lowest BCUT2D eigenvalue weighted by Crippen LogP contribution is -2.52. The topological polar surface area (TPSA) is 29.5 Å². The summed E-state index contributed by atoms with van der Waals surface area (Å²) in [6.07, 6.45) is 3.95. The molecule has 114 valence electrons. The van der Waals surface area contributed by atoms with Crippen LogP contribution in [0.5, 0.6) is 0 Å². The molecule has 3 atom stereocenters. The third-order valence-corrected chi connectivity index (χ3v) is 4.88. The van der Waals surface area contributed by atoms with Crippen molar-refractivity contribution in [3.8, 4) is 0 Å². The van der Waals surface area contributed by atoms with E-state index in [0.717, 1.165) is 18.7 Å². The Morgan fingerprint density at radius 3 is 2.71 bits per heavy atom. The summed E-state index contributed by atoms with van der Waals surface area (Å²) in [7, 11) is 0. The maximum atomic E-state index is 13.0. The van der Waals surface area contributed by atoms with Crippen LogP contribution in [0.2, 0.25) is 0 Å². The number of carbonyl (C=O) groups is 1. The monoisotopic (exact) mass is 291 g/mol. The van der Waals surface area contributed by atoms with Crippen LogP contribution in [0.3, 0.4) is 0 Å². The highest BCUT2D eigenvalue weighted by molar-refractivity contribution is 5.69. The number of piperidine rings is 2. The third-order valence-electron chi connectivity index (χ3n) is 4.88. The number of anilines is 1. The van der Waals surface area contributed by atoms with E-state index < -0.39 is 0 Å². The minimum Gasteiger partial charge on any atom is -0.466 e. The number of hydrogen-bond donors (Lipinski definition) is 0. The van der Waals surface area contributed by atoms with Gasteiger partial charge in [0.05, 0.1) is 6.61 Å². The molecule has 0 amide bonds. The average molecular weight is 291 g/mol. The standard InChI is InChI=1S/C17H22FNO2/c1-2-21-17(20)10-13-9-16-6-3-12(13)11-19(16)15-7-4-14(18)5-8-15/h4-5,7-8,12-13,16H,2-3,6,9-11H2,1H3. The predicted octanol–water partition coefficient (Wildman–Crippen LogP) is 3.38. The van der Waals surface area contributed by atoms with E-state index >= 15 is 0 Å². The molecule has 2 heterocycles. The zero-order chi connectivity index (χ0) is 14.8. The van der Waals surface area contributed by atoms with Gasteiger partial charge in [-0.25, -0.2) is 4.39 Å². The normalized spacial score (nSPS) is 27.7. The van der Waals surface area contributed by atoms with Crippen molar-refractivity contribution in [3.05, 3.63) is 30.1 Å². The van der Waals surface area contributed by atoms with Gasteiger partial charge in [0.15, 0.2) is 0 Å². The minimum atomic E-state index is -0.193. The number of ether oxygens (including phenoxy) is 1. The van der Waals surface area contributed by atoms with Crippen LogP contribution >= 0.6 is 0 Å². The zero-order valence-electron chi connectivity index (χ0n) is 12.4. The molecule has 1 aliphatic carbocycles. The largest absolute Gasteiger partial charge is 0.466 e. The van der Waals surface area contributed by atoms with E-state index in [9.17, 15) is 9.18 Å². The molecule has 3 nitrogen and oxygen atoms in total. The molecule has 1 saturated carbocycles.